The van der Waals surface area contributed by atoms with Gasteiger partial charge in [0, 0.05) is 11.3 Å². The monoisotopic (exact) mass is 602 g/mol. The van der Waals surface area contributed by atoms with Crippen molar-refractivity contribution >= 4 is 0 Å². The summed E-state index contributed by atoms with van der Waals surface area (Å²) in [6.07, 6.45) is 2.97. The number of rotatable bonds is 3. The minimum Gasteiger partial charge on any atom is -0.388 e. The van der Waals surface area contributed by atoms with Gasteiger partial charge in [-0.3, -0.25) is 0 Å². The van der Waals surface area contributed by atoms with Crippen molar-refractivity contribution in [2.45, 2.75) is 148 Å². The molecule has 8 rings (SSSR count). The van der Waals surface area contributed by atoms with Gasteiger partial charge in [-0.2, -0.15) is 0 Å². The zero-order chi connectivity index (χ0) is 30.7. The second-order valence-corrected chi connectivity index (χ2v) is 17.5. The third-order valence-corrected chi connectivity index (χ3v) is 15.7. The van der Waals surface area contributed by atoms with E-state index in [1.165, 1.54) is 12.8 Å². The molecule has 8 fully saturated rings. The number of hydrogen-bond acceptors (Lipinski definition) is 8. The van der Waals surface area contributed by atoms with Gasteiger partial charge in [0.2, 0.25) is 0 Å². The fraction of sp³-hybridized carbons (Fsp3) is 0.943. The first-order valence-corrected chi connectivity index (χ1v) is 17.1. The molecule has 8 heteroatoms. The van der Waals surface area contributed by atoms with Crippen LogP contribution in [-0.2, 0) is 18.9 Å². The molecule has 8 aliphatic rings. The van der Waals surface area contributed by atoms with Crippen LogP contribution in [0.25, 0.3) is 0 Å². The SMILES string of the molecule is C=C(C)C1OC23OC1CC(C)C2C1(C)CCC24CC25CCC(OC2OCC(O)C(O)C2O)C(C)(C)C5CCC4C1(C)C3O. The van der Waals surface area contributed by atoms with Gasteiger partial charge in [-0.1, -0.05) is 41.2 Å². The summed E-state index contributed by atoms with van der Waals surface area (Å²) in [5.74, 6) is 0.477. The summed E-state index contributed by atoms with van der Waals surface area (Å²) >= 11 is 0. The highest BCUT2D eigenvalue weighted by atomic mass is 16.8. The summed E-state index contributed by atoms with van der Waals surface area (Å²) in [5, 5.41) is 43.4. The zero-order valence-corrected chi connectivity index (χ0v) is 26.9. The third-order valence-electron chi connectivity index (χ3n) is 15.7. The maximum Gasteiger partial charge on any atom is 0.199 e. The predicted molar refractivity (Wildman–Crippen MR) is 157 cm³/mol. The van der Waals surface area contributed by atoms with Crippen molar-refractivity contribution in [3.8, 4) is 0 Å². The Morgan fingerprint density at radius 2 is 1.58 bits per heavy atom. The average Bonchev–Trinajstić information content (AvgIpc) is 3.46. The van der Waals surface area contributed by atoms with Crippen LogP contribution in [0.4, 0.5) is 0 Å². The molecular weight excluding hydrogens is 548 g/mol. The van der Waals surface area contributed by atoms with Crippen LogP contribution in [0.1, 0.15) is 92.9 Å². The Balaban J connectivity index is 1.10. The normalized spacial score (nSPS) is 62.8. The first-order chi connectivity index (χ1) is 20.1. The summed E-state index contributed by atoms with van der Waals surface area (Å²) in [6.45, 7) is 18.1. The zero-order valence-electron chi connectivity index (χ0n) is 26.9. The molecule has 0 aromatic carbocycles. The van der Waals surface area contributed by atoms with Crippen LogP contribution in [0.2, 0.25) is 0 Å². The lowest BCUT2D eigenvalue weighted by Gasteiger charge is -2.63. The number of aliphatic hydroxyl groups is 4. The number of ether oxygens (including phenoxy) is 4. The third kappa shape index (κ3) is 3.26. The minimum atomic E-state index is -1.27. The van der Waals surface area contributed by atoms with Gasteiger partial charge < -0.3 is 39.4 Å². The van der Waals surface area contributed by atoms with Crippen molar-refractivity contribution in [3.05, 3.63) is 12.2 Å². The van der Waals surface area contributed by atoms with Crippen LogP contribution < -0.4 is 0 Å². The molecule has 3 heterocycles. The van der Waals surface area contributed by atoms with Gasteiger partial charge in [-0.15, -0.1) is 0 Å². The average molecular weight is 603 g/mol. The fourth-order valence-corrected chi connectivity index (χ4v) is 13.8. The standard InChI is InChI=1S/C35H54O8/c1-17(2)26-20-14-18(3)27-31(6)12-13-34-16-33(34)11-10-23(41-28-25(38)24(37)19(36)15-40-28)30(4,5)21(33)8-9-22(34)32(31,7)29(39)35(27,42-20)43-26/h18-29,36-39H,1,8-16H2,2-7H3. The second kappa shape index (κ2) is 8.85. The van der Waals surface area contributed by atoms with Crippen LogP contribution in [0.3, 0.4) is 0 Å². The lowest BCUT2D eigenvalue weighted by Crippen LogP contribution is -2.61. The summed E-state index contributed by atoms with van der Waals surface area (Å²) < 4.78 is 25.9. The number of fused-ring (bicyclic) bond motifs is 4. The van der Waals surface area contributed by atoms with Gasteiger partial charge in [0.25, 0.3) is 0 Å². The fourth-order valence-electron chi connectivity index (χ4n) is 13.8. The predicted octanol–water partition coefficient (Wildman–Crippen LogP) is 3.93. The van der Waals surface area contributed by atoms with Gasteiger partial charge in [-0.05, 0) is 103 Å². The molecule has 43 heavy (non-hydrogen) atoms. The molecule has 3 spiro atoms. The summed E-state index contributed by atoms with van der Waals surface area (Å²) in [4.78, 5) is 0. The van der Waals surface area contributed by atoms with Crippen molar-refractivity contribution < 1.29 is 39.4 Å². The van der Waals surface area contributed by atoms with E-state index in [-0.39, 0.29) is 57.9 Å². The van der Waals surface area contributed by atoms with Crippen molar-refractivity contribution in [2.24, 2.45) is 50.7 Å². The van der Waals surface area contributed by atoms with E-state index >= 15 is 0 Å². The number of aliphatic hydroxyl groups excluding tert-OH is 4. The molecule has 0 aromatic heterocycles. The second-order valence-electron chi connectivity index (χ2n) is 17.5. The Bertz CT molecular complexity index is 1210. The molecule has 0 radical (unpaired) electrons. The molecule has 3 aliphatic heterocycles. The van der Waals surface area contributed by atoms with Crippen molar-refractivity contribution in [1.82, 2.24) is 0 Å². The maximum absolute atomic E-state index is 12.6. The van der Waals surface area contributed by atoms with E-state index in [4.69, 9.17) is 18.9 Å². The Hall–Kier alpha value is -0.580. The van der Waals surface area contributed by atoms with Crippen LogP contribution >= 0.6 is 0 Å². The molecule has 8 nitrogen and oxygen atoms in total. The molecule has 5 saturated carbocycles. The molecule has 5 aliphatic carbocycles. The molecule has 0 amide bonds. The molecule has 4 N–H and O–H groups in total. The molecule has 17 unspecified atom stereocenters. The summed E-state index contributed by atoms with van der Waals surface area (Å²) in [6, 6.07) is 0. The largest absolute Gasteiger partial charge is 0.388 e. The number of hydrogen-bond donors (Lipinski definition) is 4. The Morgan fingerprint density at radius 3 is 2.30 bits per heavy atom. The molecule has 0 aromatic rings. The van der Waals surface area contributed by atoms with Gasteiger partial charge >= 0.3 is 0 Å². The van der Waals surface area contributed by atoms with E-state index < -0.39 is 36.5 Å². The topological polar surface area (TPSA) is 118 Å². The minimum absolute atomic E-state index is 0.0326. The Morgan fingerprint density at radius 1 is 0.884 bits per heavy atom. The first kappa shape index (κ1) is 29.8. The van der Waals surface area contributed by atoms with Gasteiger partial charge in [0.1, 0.15) is 30.5 Å². The summed E-state index contributed by atoms with van der Waals surface area (Å²) in [5.41, 5.74) is 0.877. The first-order valence-electron chi connectivity index (χ1n) is 17.1. The van der Waals surface area contributed by atoms with E-state index in [1.54, 1.807) is 0 Å². The van der Waals surface area contributed by atoms with E-state index in [0.29, 0.717) is 17.8 Å². The van der Waals surface area contributed by atoms with Crippen LogP contribution in [0, 0.1) is 50.7 Å². The maximum atomic E-state index is 12.6. The highest BCUT2D eigenvalue weighted by molar-refractivity contribution is 5.34. The smallest absolute Gasteiger partial charge is 0.199 e. The van der Waals surface area contributed by atoms with Crippen LogP contribution in [0.5, 0.6) is 0 Å². The Kier molecular flexibility index (Phi) is 6.14. The van der Waals surface area contributed by atoms with E-state index in [2.05, 4.69) is 41.2 Å². The molecule has 242 valence electrons. The van der Waals surface area contributed by atoms with Gasteiger partial charge in [0.15, 0.2) is 12.1 Å². The lowest BCUT2D eigenvalue weighted by atomic mass is 9.41. The van der Waals surface area contributed by atoms with E-state index in [0.717, 1.165) is 44.1 Å². The molecule has 17 atom stereocenters. The van der Waals surface area contributed by atoms with Crippen molar-refractivity contribution in [3.63, 3.8) is 0 Å². The molecular formula is C35H54O8. The van der Waals surface area contributed by atoms with Gasteiger partial charge in [0.05, 0.1) is 18.8 Å². The lowest BCUT2D eigenvalue weighted by molar-refractivity contribution is -0.303. The van der Waals surface area contributed by atoms with Crippen molar-refractivity contribution in [2.75, 3.05) is 6.61 Å². The van der Waals surface area contributed by atoms with Crippen LogP contribution in [-0.4, -0.2) is 81.8 Å². The highest BCUT2D eigenvalue weighted by Crippen LogP contribution is 2.90. The van der Waals surface area contributed by atoms with E-state index in [1.807, 2.05) is 6.92 Å². The van der Waals surface area contributed by atoms with Crippen molar-refractivity contribution in [1.29, 1.82) is 0 Å². The molecule has 2 bridgehead atoms. The quantitative estimate of drug-likeness (QED) is 0.284. The molecule has 3 saturated heterocycles. The van der Waals surface area contributed by atoms with Crippen LogP contribution in [0.15, 0.2) is 12.2 Å². The van der Waals surface area contributed by atoms with E-state index in [9.17, 15) is 20.4 Å². The van der Waals surface area contributed by atoms with Gasteiger partial charge in [-0.25, -0.2) is 0 Å². The Labute approximate surface area is 256 Å². The highest BCUT2D eigenvalue weighted by Gasteiger charge is 2.88. The summed E-state index contributed by atoms with van der Waals surface area (Å²) in [7, 11) is 0.